The summed E-state index contributed by atoms with van der Waals surface area (Å²) in [6.07, 6.45) is 0. The minimum Gasteiger partial charge on any atom is -0.320 e. The molecule has 0 heterocycles. The highest BCUT2D eigenvalue weighted by molar-refractivity contribution is 9.10. The van der Waals surface area contributed by atoms with Crippen molar-refractivity contribution in [1.29, 1.82) is 0 Å². The maximum Gasteiger partial charge on any atom is 0.0566 e. The van der Waals surface area contributed by atoms with Gasteiger partial charge in [0.15, 0.2) is 0 Å². The van der Waals surface area contributed by atoms with Crippen LogP contribution in [0.1, 0.15) is 17.2 Å². The Kier molecular flexibility index (Phi) is 4.10. The molecule has 0 fully saturated rings. The van der Waals surface area contributed by atoms with Crippen LogP contribution in [0.2, 0.25) is 10.0 Å². The highest BCUT2D eigenvalue weighted by Gasteiger charge is 2.12. The van der Waals surface area contributed by atoms with E-state index in [0.29, 0.717) is 10.0 Å². The molecule has 0 aromatic heterocycles. The number of nitrogens with two attached hydrogens (primary N) is 1. The molecule has 1 nitrogen and oxygen atoms in total. The summed E-state index contributed by atoms with van der Waals surface area (Å²) in [7, 11) is 0. The first-order valence-corrected chi connectivity index (χ1v) is 6.59. The van der Waals surface area contributed by atoms with Gasteiger partial charge in [-0.15, -0.1) is 0 Å². The molecule has 0 aliphatic carbocycles. The molecule has 2 aromatic rings. The average Bonchev–Trinajstić information content (AvgIpc) is 2.32. The number of hydrogen-bond acceptors (Lipinski definition) is 1. The standard InChI is InChI=1S/C13H10BrCl2N/c14-10-7-8(5-6-12(10)16)13(17)9-3-1-2-4-11(9)15/h1-7,13H,17H2. The van der Waals surface area contributed by atoms with Crippen LogP contribution >= 0.6 is 39.1 Å². The number of halogens is 3. The summed E-state index contributed by atoms with van der Waals surface area (Å²) < 4.78 is 0.833. The molecule has 88 valence electrons. The Hall–Kier alpha value is -0.540. The van der Waals surface area contributed by atoms with Gasteiger partial charge in [-0.25, -0.2) is 0 Å². The van der Waals surface area contributed by atoms with Crippen LogP contribution in [-0.2, 0) is 0 Å². The van der Waals surface area contributed by atoms with E-state index < -0.39 is 0 Å². The van der Waals surface area contributed by atoms with E-state index in [4.69, 9.17) is 28.9 Å². The van der Waals surface area contributed by atoms with Crippen LogP contribution in [0.15, 0.2) is 46.9 Å². The van der Waals surface area contributed by atoms with Crippen LogP contribution in [-0.4, -0.2) is 0 Å². The average molecular weight is 331 g/mol. The summed E-state index contributed by atoms with van der Waals surface area (Å²) in [6, 6.07) is 13.0. The van der Waals surface area contributed by atoms with Crippen LogP contribution in [0.5, 0.6) is 0 Å². The van der Waals surface area contributed by atoms with Crippen LogP contribution in [0.25, 0.3) is 0 Å². The van der Waals surface area contributed by atoms with Crippen molar-refractivity contribution < 1.29 is 0 Å². The second-order valence-corrected chi connectivity index (χ2v) is 5.34. The predicted octanol–water partition coefficient (Wildman–Crippen LogP) is 4.80. The van der Waals surface area contributed by atoms with E-state index in [0.717, 1.165) is 15.6 Å². The van der Waals surface area contributed by atoms with Crippen LogP contribution in [0.3, 0.4) is 0 Å². The van der Waals surface area contributed by atoms with E-state index in [1.165, 1.54) is 0 Å². The third-order valence-corrected chi connectivity index (χ3v) is 4.10. The van der Waals surface area contributed by atoms with Crippen LogP contribution < -0.4 is 5.73 Å². The first-order valence-electron chi connectivity index (χ1n) is 5.04. The first-order chi connectivity index (χ1) is 8.09. The van der Waals surface area contributed by atoms with Crippen molar-refractivity contribution in [3.05, 3.63) is 68.1 Å². The van der Waals surface area contributed by atoms with E-state index in [1.807, 2.05) is 42.5 Å². The van der Waals surface area contributed by atoms with E-state index in [1.54, 1.807) is 0 Å². The highest BCUT2D eigenvalue weighted by atomic mass is 79.9. The summed E-state index contributed by atoms with van der Waals surface area (Å²) in [5, 5.41) is 1.34. The lowest BCUT2D eigenvalue weighted by molar-refractivity contribution is 0.871. The largest absolute Gasteiger partial charge is 0.320 e. The number of benzene rings is 2. The quantitative estimate of drug-likeness (QED) is 0.840. The monoisotopic (exact) mass is 329 g/mol. The Labute approximate surface area is 119 Å². The van der Waals surface area contributed by atoms with Gasteiger partial charge in [-0.05, 0) is 45.3 Å². The third-order valence-electron chi connectivity index (χ3n) is 2.54. The summed E-state index contributed by atoms with van der Waals surface area (Å²) in [6.45, 7) is 0. The van der Waals surface area contributed by atoms with Crippen molar-refractivity contribution in [2.45, 2.75) is 6.04 Å². The first kappa shape index (κ1) is 12.9. The number of rotatable bonds is 2. The van der Waals surface area contributed by atoms with Gasteiger partial charge in [-0.1, -0.05) is 47.5 Å². The molecular formula is C13H10BrCl2N. The molecule has 0 bridgehead atoms. The third kappa shape index (κ3) is 2.83. The molecule has 1 unspecified atom stereocenters. The van der Waals surface area contributed by atoms with Crippen molar-refractivity contribution in [1.82, 2.24) is 0 Å². The molecule has 0 saturated carbocycles. The fraction of sp³-hybridized carbons (Fsp3) is 0.0769. The van der Waals surface area contributed by atoms with Gasteiger partial charge in [0, 0.05) is 9.50 Å². The molecule has 2 N–H and O–H groups in total. The Morgan fingerprint density at radius 3 is 2.35 bits per heavy atom. The maximum atomic E-state index is 6.19. The lowest BCUT2D eigenvalue weighted by atomic mass is 10.00. The molecule has 2 rings (SSSR count). The van der Waals surface area contributed by atoms with E-state index in [2.05, 4.69) is 15.9 Å². The Balaban J connectivity index is 2.40. The zero-order valence-corrected chi connectivity index (χ0v) is 11.9. The highest BCUT2D eigenvalue weighted by Crippen LogP contribution is 2.30. The maximum absolute atomic E-state index is 6.19. The zero-order valence-electron chi connectivity index (χ0n) is 8.83. The fourth-order valence-corrected chi connectivity index (χ4v) is 2.38. The molecular weight excluding hydrogens is 321 g/mol. The van der Waals surface area contributed by atoms with Crippen molar-refractivity contribution in [2.75, 3.05) is 0 Å². The molecule has 1 atom stereocenters. The molecule has 0 aliphatic rings. The van der Waals surface area contributed by atoms with Gasteiger partial charge in [0.05, 0.1) is 11.1 Å². The molecule has 17 heavy (non-hydrogen) atoms. The normalized spacial score (nSPS) is 12.5. The van der Waals surface area contributed by atoms with Crippen molar-refractivity contribution in [2.24, 2.45) is 5.73 Å². The summed E-state index contributed by atoms with van der Waals surface area (Å²) in [5.74, 6) is 0. The lowest BCUT2D eigenvalue weighted by Gasteiger charge is -2.14. The Morgan fingerprint density at radius 1 is 1.00 bits per heavy atom. The van der Waals surface area contributed by atoms with Crippen molar-refractivity contribution >= 4 is 39.1 Å². The number of hydrogen-bond donors (Lipinski definition) is 1. The summed E-state index contributed by atoms with van der Waals surface area (Å²) >= 11 is 15.5. The van der Waals surface area contributed by atoms with Crippen LogP contribution in [0, 0.1) is 0 Å². The minimum absolute atomic E-state index is 0.253. The summed E-state index contributed by atoms with van der Waals surface area (Å²) in [4.78, 5) is 0. The molecule has 0 aliphatic heterocycles. The summed E-state index contributed by atoms with van der Waals surface area (Å²) in [5.41, 5.74) is 8.06. The Morgan fingerprint density at radius 2 is 1.71 bits per heavy atom. The van der Waals surface area contributed by atoms with E-state index >= 15 is 0 Å². The molecule has 0 amide bonds. The second kappa shape index (κ2) is 5.40. The van der Waals surface area contributed by atoms with Crippen molar-refractivity contribution in [3.63, 3.8) is 0 Å². The minimum atomic E-state index is -0.253. The fourth-order valence-electron chi connectivity index (χ4n) is 1.61. The molecule has 0 spiro atoms. The van der Waals surface area contributed by atoms with Gasteiger partial charge in [0.25, 0.3) is 0 Å². The van der Waals surface area contributed by atoms with Gasteiger partial charge in [0.2, 0.25) is 0 Å². The van der Waals surface area contributed by atoms with Gasteiger partial charge in [-0.2, -0.15) is 0 Å². The predicted molar refractivity (Wildman–Crippen MR) is 76.6 cm³/mol. The molecule has 4 heteroatoms. The van der Waals surface area contributed by atoms with E-state index in [-0.39, 0.29) is 6.04 Å². The lowest BCUT2D eigenvalue weighted by Crippen LogP contribution is -2.12. The van der Waals surface area contributed by atoms with Gasteiger partial charge < -0.3 is 5.73 Å². The second-order valence-electron chi connectivity index (χ2n) is 3.67. The molecule has 0 radical (unpaired) electrons. The van der Waals surface area contributed by atoms with Crippen molar-refractivity contribution in [3.8, 4) is 0 Å². The van der Waals surface area contributed by atoms with Gasteiger partial charge in [-0.3, -0.25) is 0 Å². The molecule has 2 aromatic carbocycles. The SMILES string of the molecule is NC(c1ccc(Cl)c(Br)c1)c1ccccc1Cl. The topological polar surface area (TPSA) is 26.0 Å². The van der Waals surface area contributed by atoms with Crippen LogP contribution in [0.4, 0.5) is 0 Å². The smallest absolute Gasteiger partial charge is 0.0566 e. The van der Waals surface area contributed by atoms with E-state index in [9.17, 15) is 0 Å². The van der Waals surface area contributed by atoms with Gasteiger partial charge in [0.1, 0.15) is 0 Å². The molecule has 0 saturated heterocycles. The van der Waals surface area contributed by atoms with Gasteiger partial charge >= 0.3 is 0 Å². The Bertz CT molecular complexity index is 543. The zero-order chi connectivity index (χ0) is 12.4.